The van der Waals surface area contributed by atoms with Crippen LogP contribution in [0.4, 0.5) is 5.95 Å². The van der Waals surface area contributed by atoms with Crippen molar-refractivity contribution in [2.45, 2.75) is 31.8 Å². The van der Waals surface area contributed by atoms with Crippen molar-refractivity contribution in [1.29, 1.82) is 0 Å². The van der Waals surface area contributed by atoms with Crippen LogP contribution in [0.25, 0.3) is 0 Å². The molecule has 2 heterocycles. The van der Waals surface area contributed by atoms with Gasteiger partial charge in [-0.25, -0.2) is 4.98 Å². The van der Waals surface area contributed by atoms with Crippen molar-refractivity contribution in [2.75, 3.05) is 25.1 Å². The Balaban J connectivity index is 1.67. The highest BCUT2D eigenvalue weighted by Crippen LogP contribution is 2.28. The maximum absolute atomic E-state index is 10.9. The predicted molar refractivity (Wildman–Crippen MR) is 89.9 cm³/mol. The molecule has 122 valence electrons. The predicted octanol–water partition coefficient (Wildman–Crippen LogP) is 2.37. The summed E-state index contributed by atoms with van der Waals surface area (Å²) in [5.41, 5.74) is 1.42. The summed E-state index contributed by atoms with van der Waals surface area (Å²) >= 11 is 0. The maximum Gasteiger partial charge on any atom is 0.228 e. The van der Waals surface area contributed by atoms with Crippen molar-refractivity contribution in [3.05, 3.63) is 47.7 Å². The normalized spacial score (nSPS) is 17.1. The lowest BCUT2D eigenvalue weighted by Gasteiger charge is -2.38. The molecular weight excluding hydrogens is 290 g/mol. The van der Waals surface area contributed by atoms with Gasteiger partial charge in [-0.1, -0.05) is 30.3 Å². The van der Waals surface area contributed by atoms with Crippen LogP contribution in [0.5, 0.6) is 5.88 Å². The van der Waals surface area contributed by atoms with Crippen LogP contribution in [-0.4, -0.2) is 40.9 Å². The number of piperidine rings is 1. The zero-order chi connectivity index (χ0) is 16.3. The Kier molecular flexibility index (Phi) is 4.48. The van der Waals surface area contributed by atoms with Gasteiger partial charge in [-0.2, -0.15) is 4.98 Å². The Bertz CT molecular complexity index is 653. The standard InChI is InChI=1S/C18H23N3O2/c1-14-12-16(23-2)20-17(19-14)21-10-8-18(22,9-11-21)13-15-6-4-3-5-7-15/h3-7,12,22H,8-11,13H2,1-2H3. The Labute approximate surface area is 137 Å². The second kappa shape index (κ2) is 6.54. The van der Waals surface area contributed by atoms with Gasteiger partial charge in [0, 0.05) is 31.3 Å². The van der Waals surface area contributed by atoms with E-state index in [0.717, 1.165) is 18.8 Å². The summed E-state index contributed by atoms with van der Waals surface area (Å²) in [6.45, 7) is 3.43. The lowest BCUT2D eigenvalue weighted by atomic mass is 9.85. The molecule has 5 heteroatoms. The van der Waals surface area contributed by atoms with Crippen LogP contribution in [-0.2, 0) is 6.42 Å². The Morgan fingerprint density at radius 2 is 1.87 bits per heavy atom. The van der Waals surface area contributed by atoms with Crippen LogP contribution < -0.4 is 9.64 Å². The van der Waals surface area contributed by atoms with E-state index < -0.39 is 5.60 Å². The van der Waals surface area contributed by atoms with Gasteiger partial charge in [0.15, 0.2) is 0 Å². The summed E-state index contributed by atoms with van der Waals surface area (Å²) in [5, 5.41) is 10.9. The summed E-state index contributed by atoms with van der Waals surface area (Å²) in [6, 6.07) is 12.0. The summed E-state index contributed by atoms with van der Waals surface area (Å²) < 4.78 is 5.22. The molecule has 1 aliphatic rings. The number of hydrogen-bond donors (Lipinski definition) is 1. The average molecular weight is 313 g/mol. The van der Waals surface area contributed by atoms with Gasteiger partial charge in [-0.3, -0.25) is 0 Å². The maximum atomic E-state index is 10.9. The van der Waals surface area contributed by atoms with E-state index in [9.17, 15) is 5.11 Å². The Morgan fingerprint density at radius 3 is 2.52 bits per heavy atom. The molecule has 1 aromatic carbocycles. The monoisotopic (exact) mass is 313 g/mol. The molecule has 1 N–H and O–H groups in total. The van der Waals surface area contributed by atoms with Gasteiger partial charge in [0.1, 0.15) is 0 Å². The van der Waals surface area contributed by atoms with Crippen LogP contribution >= 0.6 is 0 Å². The van der Waals surface area contributed by atoms with Crippen molar-refractivity contribution in [2.24, 2.45) is 0 Å². The molecule has 0 saturated carbocycles. The minimum atomic E-state index is -0.647. The second-order valence-electron chi connectivity index (χ2n) is 6.23. The fourth-order valence-electron chi connectivity index (χ4n) is 3.05. The summed E-state index contributed by atoms with van der Waals surface area (Å²) in [5.74, 6) is 1.27. The van der Waals surface area contributed by atoms with E-state index in [1.54, 1.807) is 7.11 Å². The van der Waals surface area contributed by atoms with E-state index in [0.29, 0.717) is 31.1 Å². The highest BCUT2D eigenvalue weighted by atomic mass is 16.5. The fraction of sp³-hybridized carbons (Fsp3) is 0.444. The molecule has 1 saturated heterocycles. The number of nitrogens with zero attached hydrogens (tertiary/aromatic N) is 3. The number of aliphatic hydroxyl groups is 1. The van der Waals surface area contributed by atoms with E-state index in [2.05, 4.69) is 27.0 Å². The van der Waals surface area contributed by atoms with Crippen molar-refractivity contribution in [3.8, 4) is 5.88 Å². The first-order chi connectivity index (χ1) is 11.1. The Hall–Kier alpha value is -2.14. The number of anilines is 1. The molecule has 23 heavy (non-hydrogen) atoms. The number of aromatic nitrogens is 2. The van der Waals surface area contributed by atoms with Crippen molar-refractivity contribution in [1.82, 2.24) is 9.97 Å². The SMILES string of the molecule is COc1cc(C)nc(N2CCC(O)(Cc3ccccc3)CC2)n1. The molecule has 0 bridgehead atoms. The molecule has 0 radical (unpaired) electrons. The number of benzene rings is 1. The van der Waals surface area contributed by atoms with E-state index in [1.807, 2.05) is 31.2 Å². The molecule has 3 rings (SSSR count). The largest absolute Gasteiger partial charge is 0.481 e. The molecule has 5 nitrogen and oxygen atoms in total. The Morgan fingerprint density at radius 1 is 1.17 bits per heavy atom. The zero-order valence-electron chi connectivity index (χ0n) is 13.7. The third-order valence-electron chi connectivity index (χ3n) is 4.38. The van der Waals surface area contributed by atoms with Crippen molar-refractivity contribution >= 4 is 5.95 Å². The van der Waals surface area contributed by atoms with Gasteiger partial charge >= 0.3 is 0 Å². The molecular formula is C18H23N3O2. The second-order valence-corrected chi connectivity index (χ2v) is 6.23. The van der Waals surface area contributed by atoms with Crippen LogP contribution in [0.3, 0.4) is 0 Å². The lowest BCUT2D eigenvalue weighted by Crippen LogP contribution is -2.46. The molecule has 0 amide bonds. The van der Waals surface area contributed by atoms with E-state index in [4.69, 9.17) is 4.74 Å². The highest BCUT2D eigenvalue weighted by molar-refractivity contribution is 5.35. The van der Waals surface area contributed by atoms with Crippen LogP contribution in [0, 0.1) is 6.92 Å². The van der Waals surface area contributed by atoms with Gasteiger partial charge in [-0.05, 0) is 25.3 Å². The third-order valence-corrected chi connectivity index (χ3v) is 4.38. The topological polar surface area (TPSA) is 58.5 Å². The zero-order valence-corrected chi connectivity index (χ0v) is 13.7. The first-order valence-electron chi connectivity index (χ1n) is 7.99. The summed E-state index contributed by atoms with van der Waals surface area (Å²) in [4.78, 5) is 11.0. The minimum Gasteiger partial charge on any atom is -0.481 e. The molecule has 0 spiro atoms. The minimum absolute atomic E-state index is 0.581. The molecule has 1 aromatic heterocycles. The first kappa shape index (κ1) is 15.7. The average Bonchev–Trinajstić information content (AvgIpc) is 2.55. The molecule has 1 aliphatic heterocycles. The van der Waals surface area contributed by atoms with E-state index >= 15 is 0 Å². The smallest absolute Gasteiger partial charge is 0.228 e. The van der Waals surface area contributed by atoms with Crippen LogP contribution in [0.1, 0.15) is 24.1 Å². The molecule has 0 unspecified atom stereocenters. The van der Waals surface area contributed by atoms with Crippen LogP contribution in [0.2, 0.25) is 0 Å². The van der Waals surface area contributed by atoms with Crippen molar-refractivity contribution in [3.63, 3.8) is 0 Å². The van der Waals surface area contributed by atoms with Gasteiger partial charge in [-0.15, -0.1) is 0 Å². The molecule has 0 aliphatic carbocycles. The van der Waals surface area contributed by atoms with Gasteiger partial charge in [0.2, 0.25) is 11.8 Å². The van der Waals surface area contributed by atoms with Gasteiger partial charge in [0.05, 0.1) is 12.7 Å². The number of ether oxygens (including phenoxy) is 1. The van der Waals surface area contributed by atoms with Crippen molar-refractivity contribution < 1.29 is 9.84 Å². The first-order valence-corrected chi connectivity index (χ1v) is 7.99. The molecule has 1 fully saturated rings. The molecule has 2 aromatic rings. The number of methoxy groups -OCH3 is 1. The summed E-state index contributed by atoms with van der Waals surface area (Å²) in [6.07, 6.45) is 2.11. The number of hydrogen-bond acceptors (Lipinski definition) is 5. The number of aryl methyl sites for hydroxylation is 1. The quantitative estimate of drug-likeness (QED) is 0.939. The number of rotatable bonds is 4. The highest BCUT2D eigenvalue weighted by Gasteiger charge is 2.33. The van der Waals surface area contributed by atoms with E-state index in [1.165, 1.54) is 5.56 Å². The van der Waals surface area contributed by atoms with Crippen LogP contribution in [0.15, 0.2) is 36.4 Å². The van der Waals surface area contributed by atoms with E-state index in [-0.39, 0.29) is 0 Å². The molecule has 0 atom stereocenters. The lowest BCUT2D eigenvalue weighted by molar-refractivity contribution is 0.0163. The fourth-order valence-corrected chi connectivity index (χ4v) is 3.05. The van der Waals surface area contributed by atoms with Gasteiger partial charge in [0.25, 0.3) is 0 Å². The van der Waals surface area contributed by atoms with Gasteiger partial charge < -0.3 is 14.7 Å². The summed E-state index contributed by atoms with van der Waals surface area (Å²) in [7, 11) is 1.61. The third kappa shape index (κ3) is 3.79.